The van der Waals surface area contributed by atoms with Crippen molar-refractivity contribution in [2.75, 3.05) is 11.9 Å². The molecule has 1 atom stereocenters. The summed E-state index contributed by atoms with van der Waals surface area (Å²) >= 11 is 0. The number of rotatable bonds is 9. The minimum Gasteiger partial charge on any atom is -0.320 e. The fourth-order valence-electron chi connectivity index (χ4n) is 2.05. The van der Waals surface area contributed by atoms with Gasteiger partial charge in [-0.15, -0.1) is 0 Å². The summed E-state index contributed by atoms with van der Waals surface area (Å²) in [6.07, 6.45) is 5.71. The van der Waals surface area contributed by atoms with Gasteiger partial charge in [-0.2, -0.15) is 0 Å². The van der Waals surface area contributed by atoms with E-state index in [0.717, 1.165) is 25.0 Å². The van der Waals surface area contributed by atoms with Crippen molar-refractivity contribution >= 4 is 11.6 Å². The number of carbonyl (C=O) groups is 1. The molecule has 0 aliphatic carbocycles. The SMILES string of the molecule is CCCCCCC(C)NCC(=O)Nc1c(F)cccc1F. The fraction of sp³-hybridized carbons (Fsp3) is 0.562. The molecule has 0 saturated heterocycles. The van der Waals surface area contributed by atoms with Gasteiger partial charge in [-0.3, -0.25) is 4.79 Å². The van der Waals surface area contributed by atoms with Crippen LogP contribution in [0.4, 0.5) is 14.5 Å². The van der Waals surface area contributed by atoms with Crippen molar-refractivity contribution in [1.29, 1.82) is 0 Å². The van der Waals surface area contributed by atoms with Crippen LogP contribution in [0.5, 0.6) is 0 Å². The molecule has 2 N–H and O–H groups in total. The zero-order chi connectivity index (χ0) is 15.7. The molecule has 0 heterocycles. The third-order valence-electron chi connectivity index (χ3n) is 3.33. The van der Waals surface area contributed by atoms with Gasteiger partial charge < -0.3 is 10.6 Å². The average Bonchev–Trinajstić information content (AvgIpc) is 2.45. The molecule has 5 heteroatoms. The molecular formula is C16H24F2N2O. The monoisotopic (exact) mass is 298 g/mol. The van der Waals surface area contributed by atoms with Gasteiger partial charge in [0, 0.05) is 6.04 Å². The molecule has 3 nitrogen and oxygen atoms in total. The molecule has 1 aromatic carbocycles. The predicted molar refractivity (Wildman–Crippen MR) is 81.2 cm³/mol. The number of halogens is 2. The van der Waals surface area contributed by atoms with Gasteiger partial charge in [-0.25, -0.2) is 8.78 Å². The first-order valence-corrected chi connectivity index (χ1v) is 7.51. The Morgan fingerprint density at radius 1 is 1.19 bits per heavy atom. The topological polar surface area (TPSA) is 41.1 Å². The van der Waals surface area contributed by atoms with E-state index in [0.29, 0.717) is 0 Å². The number of benzene rings is 1. The highest BCUT2D eigenvalue weighted by atomic mass is 19.1. The standard InChI is InChI=1S/C16H24F2N2O/c1-3-4-5-6-8-12(2)19-11-15(21)20-16-13(17)9-7-10-14(16)18/h7,9-10,12,19H,3-6,8,11H2,1-2H3,(H,20,21). The van der Waals surface area contributed by atoms with Crippen LogP contribution in [0.2, 0.25) is 0 Å². The number of para-hydroxylation sites is 1. The van der Waals surface area contributed by atoms with Crippen LogP contribution in [0.1, 0.15) is 46.0 Å². The Bertz CT molecular complexity index is 432. The van der Waals surface area contributed by atoms with Crippen molar-refractivity contribution in [2.45, 2.75) is 52.0 Å². The van der Waals surface area contributed by atoms with Crippen LogP contribution in [0, 0.1) is 11.6 Å². The zero-order valence-electron chi connectivity index (χ0n) is 12.7. The van der Waals surface area contributed by atoms with Gasteiger partial charge in [0.15, 0.2) is 0 Å². The van der Waals surface area contributed by atoms with Crippen molar-refractivity contribution in [3.8, 4) is 0 Å². The van der Waals surface area contributed by atoms with Crippen molar-refractivity contribution in [3.63, 3.8) is 0 Å². The molecule has 0 spiro atoms. The summed E-state index contributed by atoms with van der Waals surface area (Å²) < 4.78 is 26.7. The summed E-state index contributed by atoms with van der Waals surface area (Å²) in [5.41, 5.74) is -0.389. The summed E-state index contributed by atoms with van der Waals surface area (Å²) in [6, 6.07) is 3.69. The lowest BCUT2D eigenvalue weighted by molar-refractivity contribution is -0.115. The highest BCUT2D eigenvalue weighted by molar-refractivity contribution is 5.92. The molecule has 0 saturated carbocycles. The number of unbranched alkanes of at least 4 members (excludes halogenated alkanes) is 3. The lowest BCUT2D eigenvalue weighted by Crippen LogP contribution is -2.34. The second-order valence-electron chi connectivity index (χ2n) is 5.28. The number of hydrogen-bond acceptors (Lipinski definition) is 2. The predicted octanol–water partition coefficient (Wildman–Crippen LogP) is 3.85. The van der Waals surface area contributed by atoms with Gasteiger partial charge in [-0.1, -0.05) is 38.7 Å². The first-order chi connectivity index (χ1) is 10.0. The maximum absolute atomic E-state index is 13.4. The molecule has 0 aliphatic rings. The summed E-state index contributed by atoms with van der Waals surface area (Å²) in [7, 11) is 0. The van der Waals surface area contributed by atoms with Gasteiger partial charge in [0.2, 0.25) is 5.91 Å². The van der Waals surface area contributed by atoms with E-state index in [1.165, 1.54) is 25.3 Å². The van der Waals surface area contributed by atoms with Crippen LogP contribution in [-0.4, -0.2) is 18.5 Å². The molecule has 1 amide bonds. The Kier molecular flexibility index (Phi) is 7.90. The molecule has 0 radical (unpaired) electrons. The molecule has 21 heavy (non-hydrogen) atoms. The number of anilines is 1. The Morgan fingerprint density at radius 3 is 2.48 bits per heavy atom. The summed E-state index contributed by atoms with van der Waals surface area (Å²) in [5.74, 6) is -1.98. The minimum atomic E-state index is -0.768. The second-order valence-corrected chi connectivity index (χ2v) is 5.28. The first-order valence-electron chi connectivity index (χ1n) is 7.51. The summed E-state index contributed by atoms with van der Waals surface area (Å²) in [4.78, 5) is 11.7. The van der Waals surface area contributed by atoms with E-state index in [2.05, 4.69) is 17.6 Å². The number of nitrogens with one attached hydrogen (secondary N) is 2. The lowest BCUT2D eigenvalue weighted by atomic mass is 10.1. The first kappa shape index (κ1) is 17.6. The number of hydrogen-bond donors (Lipinski definition) is 2. The third-order valence-corrected chi connectivity index (χ3v) is 3.33. The molecule has 0 aliphatic heterocycles. The molecule has 1 rings (SSSR count). The maximum Gasteiger partial charge on any atom is 0.238 e. The van der Waals surface area contributed by atoms with E-state index < -0.39 is 17.5 Å². The van der Waals surface area contributed by atoms with Crippen LogP contribution in [0.25, 0.3) is 0 Å². The highest BCUT2D eigenvalue weighted by Crippen LogP contribution is 2.17. The van der Waals surface area contributed by atoms with E-state index in [-0.39, 0.29) is 18.3 Å². The van der Waals surface area contributed by atoms with Crippen LogP contribution in [0.15, 0.2) is 18.2 Å². The third kappa shape index (κ3) is 6.67. The number of amides is 1. The second kappa shape index (κ2) is 9.45. The highest BCUT2D eigenvalue weighted by Gasteiger charge is 2.12. The summed E-state index contributed by atoms with van der Waals surface area (Å²) in [5, 5.41) is 5.32. The molecule has 1 aromatic rings. The molecule has 1 unspecified atom stereocenters. The molecule has 0 fully saturated rings. The zero-order valence-corrected chi connectivity index (χ0v) is 12.7. The quantitative estimate of drug-likeness (QED) is 0.680. The van der Waals surface area contributed by atoms with Crippen molar-refractivity contribution in [1.82, 2.24) is 5.32 Å². The Labute approximate surface area is 125 Å². The van der Waals surface area contributed by atoms with Crippen LogP contribution >= 0.6 is 0 Å². The maximum atomic E-state index is 13.4. The van der Waals surface area contributed by atoms with Gasteiger partial charge in [0.25, 0.3) is 0 Å². The van der Waals surface area contributed by atoms with Crippen molar-refractivity contribution in [3.05, 3.63) is 29.8 Å². The lowest BCUT2D eigenvalue weighted by Gasteiger charge is -2.14. The molecular weight excluding hydrogens is 274 g/mol. The summed E-state index contributed by atoms with van der Waals surface area (Å²) in [6.45, 7) is 4.21. The van der Waals surface area contributed by atoms with Gasteiger partial charge in [-0.05, 0) is 25.5 Å². The Balaban J connectivity index is 2.31. The molecule has 118 valence electrons. The van der Waals surface area contributed by atoms with E-state index in [4.69, 9.17) is 0 Å². The van der Waals surface area contributed by atoms with Crippen molar-refractivity contribution < 1.29 is 13.6 Å². The Morgan fingerprint density at radius 2 is 1.86 bits per heavy atom. The van der Waals surface area contributed by atoms with Crippen LogP contribution < -0.4 is 10.6 Å². The Hall–Kier alpha value is -1.49. The van der Waals surface area contributed by atoms with Crippen LogP contribution in [-0.2, 0) is 4.79 Å². The molecule has 0 bridgehead atoms. The van der Waals surface area contributed by atoms with E-state index >= 15 is 0 Å². The minimum absolute atomic E-state index is 0.0444. The fourth-order valence-corrected chi connectivity index (χ4v) is 2.05. The van der Waals surface area contributed by atoms with Crippen molar-refractivity contribution in [2.24, 2.45) is 0 Å². The smallest absolute Gasteiger partial charge is 0.238 e. The molecule has 0 aromatic heterocycles. The van der Waals surface area contributed by atoms with Gasteiger partial charge in [0.1, 0.15) is 17.3 Å². The normalized spacial score (nSPS) is 12.2. The van der Waals surface area contributed by atoms with E-state index in [9.17, 15) is 13.6 Å². The largest absolute Gasteiger partial charge is 0.320 e. The number of carbonyl (C=O) groups excluding carboxylic acids is 1. The van der Waals surface area contributed by atoms with E-state index in [1.807, 2.05) is 6.92 Å². The van der Waals surface area contributed by atoms with E-state index in [1.54, 1.807) is 0 Å². The van der Waals surface area contributed by atoms with Gasteiger partial charge in [0.05, 0.1) is 6.54 Å². The average molecular weight is 298 g/mol. The van der Waals surface area contributed by atoms with Crippen LogP contribution in [0.3, 0.4) is 0 Å². The van der Waals surface area contributed by atoms with Gasteiger partial charge >= 0.3 is 0 Å².